The van der Waals surface area contributed by atoms with Crippen molar-refractivity contribution in [2.75, 3.05) is 5.73 Å². The van der Waals surface area contributed by atoms with Crippen molar-refractivity contribution >= 4 is 17.0 Å². The summed E-state index contributed by atoms with van der Waals surface area (Å²) in [6, 6.07) is 0. The fourth-order valence-electron chi connectivity index (χ4n) is 1.27. The van der Waals surface area contributed by atoms with Crippen molar-refractivity contribution < 1.29 is 0 Å². The summed E-state index contributed by atoms with van der Waals surface area (Å²) in [5.41, 5.74) is 3.17. The molecule has 2 rings (SSSR count). The molecule has 4 N–H and O–H groups in total. The molecule has 15 heavy (non-hydrogen) atoms. The number of nitrogen functional groups attached to an aromatic ring is 1. The number of nitrogens with one attached hydrogen (secondary N) is 2. The van der Waals surface area contributed by atoms with Crippen LogP contribution in [0.25, 0.3) is 11.0 Å². The van der Waals surface area contributed by atoms with Crippen molar-refractivity contribution in [1.29, 1.82) is 0 Å². The first kappa shape index (κ1) is 9.19. The van der Waals surface area contributed by atoms with Gasteiger partial charge >= 0.3 is 5.69 Å². The van der Waals surface area contributed by atoms with Crippen molar-refractivity contribution in [3.8, 4) is 0 Å². The van der Waals surface area contributed by atoms with E-state index in [-0.39, 0.29) is 17.0 Å². The number of fused-ring (bicyclic) bond motifs is 1. The van der Waals surface area contributed by atoms with Gasteiger partial charge in [0.25, 0.3) is 11.1 Å². The van der Waals surface area contributed by atoms with E-state index in [0.29, 0.717) is 0 Å². The third-order valence-electron chi connectivity index (χ3n) is 1.99. The molecule has 0 bridgehead atoms. The van der Waals surface area contributed by atoms with E-state index in [9.17, 15) is 14.4 Å². The SMILES string of the molecule is Cn1c(=O)[nH]c(=O)c2c(=O)[nH]c(N)nc21. The Morgan fingerprint density at radius 3 is 2.47 bits per heavy atom. The first-order valence-corrected chi connectivity index (χ1v) is 3.99. The number of nitrogens with zero attached hydrogens (tertiary/aromatic N) is 2. The summed E-state index contributed by atoms with van der Waals surface area (Å²) in [5.74, 6) is -0.145. The summed E-state index contributed by atoms with van der Waals surface area (Å²) in [4.78, 5) is 41.8. The molecule has 8 heteroatoms. The number of H-pyrrole nitrogens is 2. The first-order chi connectivity index (χ1) is 7.00. The number of hydrogen-bond acceptors (Lipinski definition) is 5. The minimum absolute atomic E-state index is 0.0370. The van der Waals surface area contributed by atoms with Crippen LogP contribution in [0.15, 0.2) is 14.4 Å². The van der Waals surface area contributed by atoms with Crippen LogP contribution in [0.2, 0.25) is 0 Å². The lowest BCUT2D eigenvalue weighted by Crippen LogP contribution is -2.33. The van der Waals surface area contributed by atoms with E-state index in [4.69, 9.17) is 5.73 Å². The molecule has 0 aliphatic heterocycles. The van der Waals surface area contributed by atoms with E-state index in [1.54, 1.807) is 0 Å². The van der Waals surface area contributed by atoms with E-state index in [1.165, 1.54) is 7.05 Å². The highest BCUT2D eigenvalue weighted by Gasteiger charge is 2.10. The normalized spacial score (nSPS) is 10.7. The summed E-state index contributed by atoms with van der Waals surface area (Å²) < 4.78 is 1.04. The molecule has 0 aliphatic carbocycles. The molecule has 2 aromatic rings. The Hall–Kier alpha value is -2.38. The van der Waals surface area contributed by atoms with Crippen molar-refractivity contribution in [3.63, 3.8) is 0 Å². The smallest absolute Gasteiger partial charge is 0.329 e. The molecule has 0 aromatic carbocycles. The maximum absolute atomic E-state index is 11.4. The van der Waals surface area contributed by atoms with Crippen LogP contribution in [0.3, 0.4) is 0 Å². The number of hydrogen-bond donors (Lipinski definition) is 3. The van der Waals surface area contributed by atoms with Crippen LogP contribution in [0.1, 0.15) is 0 Å². The van der Waals surface area contributed by atoms with Gasteiger partial charge in [-0.2, -0.15) is 4.98 Å². The molecule has 0 aliphatic rings. The Kier molecular flexibility index (Phi) is 1.72. The summed E-state index contributed by atoms with van der Waals surface area (Å²) in [7, 11) is 1.38. The molecule has 0 saturated carbocycles. The van der Waals surface area contributed by atoms with Crippen LogP contribution < -0.4 is 22.5 Å². The van der Waals surface area contributed by atoms with Gasteiger partial charge in [0.15, 0.2) is 5.65 Å². The monoisotopic (exact) mass is 209 g/mol. The van der Waals surface area contributed by atoms with Gasteiger partial charge in [-0.05, 0) is 0 Å². The second-order valence-electron chi connectivity index (χ2n) is 2.97. The van der Waals surface area contributed by atoms with Crippen molar-refractivity contribution in [3.05, 3.63) is 31.2 Å². The van der Waals surface area contributed by atoms with Gasteiger partial charge in [-0.15, -0.1) is 0 Å². The van der Waals surface area contributed by atoms with Crippen molar-refractivity contribution in [2.24, 2.45) is 7.05 Å². The Labute approximate surface area is 81.4 Å². The minimum Gasteiger partial charge on any atom is -0.369 e. The average Bonchev–Trinajstić information content (AvgIpc) is 2.12. The summed E-state index contributed by atoms with van der Waals surface area (Å²) in [5, 5.41) is -0.216. The summed E-state index contributed by atoms with van der Waals surface area (Å²) >= 11 is 0. The van der Waals surface area contributed by atoms with Crippen LogP contribution in [0, 0.1) is 0 Å². The van der Waals surface area contributed by atoms with E-state index >= 15 is 0 Å². The third kappa shape index (κ3) is 1.23. The highest BCUT2D eigenvalue weighted by atomic mass is 16.2. The Morgan fingerprint density at radius 1 is 1.20 bits per heavy atom. The number of nitrogens with two attached hydrogens (primary N) is 1. The third-order valence-corrected chi connectivity index (χ3v) is 1.99. The minimum atomic E-state index is -0.776. The number of aryl methyl sites for hydroxylation is 1. The maximum Gasteiger partial charge on any atom is 0.329 e. The quantitative estimate of drug-likeness (QED) is 0.457. The average molecular weight is 209 g/mol. The fraction of sp³-hybridized carbons (Fsp3) is 0.143. The zero-order chi connectivity index (χ0) is 11.2. The van der Waals surface area contributed by atoms with Gasteiger partial charge in [0.2, 0.25) is 5.95 Å². The molecule has 2 heterocycles. The van der Waals surface area contributed by atoms with Gasteiger partial charge in [-0.25, -0.2) is 4.79 Å². The maximum atomic E-state index is 11.4. The van der Waals surface area contributed by atoms with Gasteiger partial charge in [-0.1, -0.05) is 0 Å². The first-order valence-electron chi connectivity index (χ1n) is 3.99. The van der Waals surface area contributed by atoms with Crippen molar-refractivity contribution in [1.82, 2.24) is 19.5 Å². The van der Waals surface area contributed by atoms with E-state index in [2.05, 4.69) is 9.97 Å². The zero-order valence-electron chi connectivity index (χ0n) is 7.70. The van der Waals surface area contributed by atoms with E-state index in [0.717, 1.165) is 4.57 Å². The highest BCUT2D eigenvalue weighted by molar-refractivity contribution is 5.73. The molecule has 0 amide bonds. The molecular weight excluding hydrogens is 202 g/mol. The van der Waals surface area contributed by atoms with Crippen LogP contribution >= 0.6 is 0 Å². The molecule has 0 spiro atoms. The standard InChI is InChI=1S/C7H7N5O3/c1-12-3-2(5(14)11-7(12)15)4(13)10-6(8)9-3/h1H3,(H,11,14,15)(H3,8,9,10,13). The number of aromatic amines is 2. The molecule has 0 radical (unpaired) electrons. The Morgan fingerprint density at radius 2 is 1.80 bits per heavy atom. The molecule has 78 valence electrons. The van der Waals surface area contributed by atoms with Gasteiger partial charge in [0.05, 0.1) is 0 Å². The van der Waals surface area contributed by atoms with Gasteiger partial charge in [0, 0.05) is 7.05 Å². The Bertz CT molecular complexity index is 707. The lowest BCUT2D eigenvalue weighted by Gasteiger charge is -2.01. The van der Waals surface area contributed by atoms with E-state index < -0.39 is 16.8 Å². The van der Waals surface area contributed by atoms with Crippen LogP contribution in [-0.2, 0) is 7.05 Å². The highest BCUT2D eigenvalue weighted by Crippen LogP contribution is 1.97. The lowest BCUT2D eigenvalue weighted by molar-refractivity contribution is 0.825. The lowest BCUT2D eigenvalue weighted by atomic mass is 10.4. The van der Waals surface area contributed by atoms with Gasteiger partial charge in [-0.3, -0.25) is 24.1 Å². The van der Waals surface area contributed by atoms with Gasteiger partial charge < -0.3 is 5.73 Å². The van der Waals surface area contributed by atoms with E-state index in [1.807, 2.05) is 4.98 Å². The topological polar surface area (TPSA) is 127 Å². The number of anilines is 1. The van der Waals surface area contributed by atoms with Crippen LogP contribution in [0.4, 0.5) is 5.95 Å². The largest absolute Gasteiger partial charge is 0.369 e. The van der Waals surface area contributed by atoms with Crippen LogP contribution in [-0.4, -0.2) is 19.5 Å². The summed E-state index contributed by atoms with van der Waals surface area (Å²) in [6.07, 6.45) is 0. The fourth-order valence-corrected chi connectivity index (χ4v) is 1.27. The predicted molar refractivity (Wildman–Crippen MR) is 52.6 cm³/mol. The second-order valence-corrected chi connectivity index (χ2v) is 2.97. The number of rotatable bonds is 0. The molecule has 2 aromatic heterocycles. The number of aromatic nitrogens is 4. The molecule has 0 saturated heterocycles. The molecular formula is C7H7N5O3. The van der Waals surface area contributed by atoms with Crippen molar-refractivity contribution in [2.45, 2.75) is 0 Å². The zero-order valence-corrected chi connectivity index (χ0v) is 7.70. The molecule has 0 atom stereocenters. The Balaban J connectivity index is 3.25. The second kappa shape index (κ2) is 2.80. The molecule has 0 unspecified atom stereocenters. The summed E-state index contributed by atoms with van der Waals surface area (Å²) in [6.45, 7) is 0. The predicted octanol–water partition coefficient (Wildman–Crippen LogP) is -2.11. The molecule has 0 fully saturated rings. The van der Waals surface area contributed by atoms with Gasteiger partial charge in [0.1, 0.15) is 5.39 Å². The molecule has 8 nitrogen and oxygen atoms in total. The van der Waals surface area contributed by atoms with Crippen LogP contribution in [0.5, 0.6) is 0 Å².